The summed E-state index contributed by atoms with van der Waals surface area (Å²) in [5, 5.41) is 7.25. The number of rotatable bonds is 4. The minimum absolute atomic E-state index is 0.143. The Morgan fingerprint density at radius 3 is 2.95 bits per heavy atom. The van der Waals surface area contributed by atoms with Crippen molar-refractivity contribution in [2.24, 2.45) is 0 Å². The van der Waals surface area contributed by atoms with Crippen LogP contribution in [0.15, 0.2) is 39.7 Å². The van der Waals surface area contributed by atoms with Crippen molar-refractivity contribution in [1.29, 1.82) is 0 Å². The topological polar surface area (TPSA) is 72.9 Å². The largest absolute Gasteiger partial charge is 0.399 e. The van der Waals surface area contributed by atoms with Gasteiger partial charge in [0.2, 0.25) is 0 Å². The standard InChI is InChI=1S/C13H15BrN4O/c1-2-6-18-13(19)12(14)11(8-16-18)17-10-5-3-4-9(15)7-10/h3-5,7-8,17H,2,6,15H2,1H3. The van der Waals surface area contributed by atoms with Crippen LogP contribution in [0.5, 0.6) is 0 Å². The van der Waals surface area contributed by atoms with Gasteiger partial charge in [0, 0.05) is 17.9 Å². The van der Waals surface area contributed by atoms with Gasteiger partial charge in [0.15, 0.2) is 0 Å². The second kappa shape index (κ2) is 5.88. The van der Waals surface area contributed by atoms with Crippen LogP contribution >= 0.6 is 15.9 Å². The Hall–Kier alpha value is -1.82. The molecule has 0 amide bonds. The van der Waals surface area contributed by atoms with Crippen LogP contribution in [0, 0.1) is 0 Å². The van der Waals surface area contributed by atoms with Crippen LogP contribution in [0.2, 0.25) is 0 Å². The molecule has 0 aliphatic heterocycles. The predicted octanol–water partition coefficient (Wildman–Crippen LogP) is 2.74. The highest BCUT2D eigenvalue weighted by Gasteiger charge is 2.08. The molecule has 0 aliphatic carbocycles. The van der Waals surface area contributed by atoms with Crippen molar-refractivity contribution in [2.75, 3.05) is 11.1 Å². The molecule has 2 aromatic rings. The predicted molar refractivity (Wildman–Crippen MR) is 80.6 cm³/mol. The summed E-state index contributed by atoms with van der Waals surface area (Å²) in [5.41, 5.74) is 7.67. The van der Waals surface area contributed by atoms with Crippen molar-refractivity contribution < 1.29 is 0 Å². The molecular formula is C13H15BrN4O. The van der Waals surface area contributed by atoms with Crippen LogP contribution in [0.25, 0.3) is 0 Å². The molecule has 0 saturated carbocycles. The van der Waals surface area contributed by atoms with Crippen LogP contribution in [-0.2, 0) is 6.54 Å². The van der Waals surface area contributed by atoms with Crippen molar-refractivity contribution in [3.63, 3.8) is 0 Å². The molecule has 0 unspecified atom stereocenters. The van der Waals surface area contributed by atoms with Gasteiger partial charge in [-0.15, -0.1) is 0 Å². The van der Waals surface area contributed by atoms with Gasteiger partial charge in [-0.1, -0.05) is 13.0 Å². The quantitative estimate of drug-likeness (QED) is 0.849. The molecule has 6 heteroatoms. The van der Waals surface area contributed by atoms with E-state index in [-0.39, 0.29) is 5.56 Å². The van der Waals surface area contributed by atoms with E-state index in [0.29, 0.717) is 22.4 Å². The highest BCUT2D eigenvalue weighted by molar-refractivity contribution is 9.10. The highest BCUT2D eigenvalue weighted by atomic mass is 79.9. The number of benzene rings is 1. The zero-order chi connectivity index (χ0) is 13.8. The first-order valence-electron chi connectivity index (χ1n) is 6.00. The second-order valence-electron chi connectivity index (χ2n) is 4.15. The maximum absolute atomic E-state index is 12.0. The number of nitrogens with zero attached hydrogens (tertiary/aromatic N) is 2. The molecule has 0 bridgehead atoms. The zero-order valence-corrected chi connectivity index (χ0v) is 12.1. The van der Waals surface area contributed by atoms with E-state index in [9.17, 15) is 4.79 Å². The first-order valence-corrected chi connectivity index (χ1v) is 6.79. The third kappa shape index (κ3) is 3.14. The fourth-order valence-corrected chi connectivity index (χ4v) is 2.10. The van der Waals surface area contributed by atoms with Crippen molar-refractivity contribution in [2.45, 2.75) is 19.9 Å². The summed E-state index contributed by atoms with van der Waals surface area (Å²) >= 11 is 3.31. The molecule has 0 saturated heterocycles. The van der Waals surface area contributed by atoms with Gasteiger partial charge in [-0.25, -0.2) is 4.68 Å². The van der Waals surface area contributed by atoms with Crippen molar-refractivity contribution in [3.8, 4) is 0 Å². The molecule has 1 aromatic carbocycles. The summed E-state index contributed by atoms with van der Waals surface area (Å²) in [6.07, 6.45) is 2.49. The monoisotopic (exact) mass is 322 g/mol. The van der Waals surface area contributed by atoms with E-state index in [1.165, 1.54) is 4.68 Å². The number of nitrogens with one attached hydrogen (secondary N) is 1. The summed E-state index contributed by atoms with van der Waals surface area (Å²) in [5.74, 6) is 0. The van der Waals surface area contributed by atoms with Crippen molar-refractivity contribution >= 4 is 33.0 Å². The zero-order valence-electron chi connectivity index (χ0n) is 10.6. The lowest BCUT2D eigenvalue weighted by Gasteiger charge is -2.10. The number of halogens is 1. The van der Waals surface area contributed by atoms with E-state index in [4.69, 9.17) is 5.73 Å². The molecule has 1 aromatic heterocycles. The average molecular weight is 323 g/mol. The van der Waals surface area contributed by atoms with Gasteiger partial charge in [0.05, 0.1) is 11.9 Å². The Morgan fingerprint density at radius 2 is 2.26 bits per heavy atom. The molecule has 0 aliphatic rings. The maximum atomic E-state index is 12.0. The van der Waals surface area contributed by atoms with Gasteiger partial charge < -0.3 is 11.1 Å². The SMILES string of the molecule is CCCn1ncc(Nc2cccc(N)c2)c(Br)c1=O. The number of hydrogen-bond donors (Lipinski definition) is 2. The second-order valence-corrected chi connectivity index (χ2v) is 4.94. The van der Waals surface area contributed by atoms with E-state index < -0.39 is 0 Å². The van der Waals surface area contributed by atoms with Crippen LogP contribution in [-0.4, -0.2) is 9.78 Å². The first-order chi connectivity index (χ1) is 9.11. The van der Waals surface area contributed by atoms with Gasteiger partial charge in [-0.05, 0) is 40.5 Å². The summed E-state index contributed by atoms with van der Waals surface area (Å²) in [7, 11) is 0. The molecule has 0 spiro atoms. The third-order valence-corrected chi connectivity index (χ3v) is 3.35. The van der Waals surface area contributed by atoms with Gasteiger partial charge in [0.1, 0.15) is 4.47 Å². The Balaban J connectivity index is 2.31. The molecule has 0 radical (unpaired) electrons. The molecule has 100 valence electrons. The minimum Gasteiger partial charge on any atom is -0.399 e. The van der Waals surface area contributed by atoms with Crippen molar-refractivity contribution in [1.82, 2.24) is 9.78 Å². The number of nitrogens with two attached hydrogens (primary N) is 1. The van der Waals surface area contributed by atoms with E-state index >= 15 is 0 Å². The molecular weight excluding hydrogens is 308 g/mol. The minimum atomic E-state index is -0.143. The van der Waals surface area contributed by atoms with Crippen LogP contribution in [0.3, 0.4) is 0 Å². The summed E-state index contributed by atoms with van der Waals surface area (Å²) in [6, 6.07) is 7.32. The van der Waals surface area contributed by atoms with Gasteiger partial charge in [0.25, 0.3) is 5.56 Å². The van der Waals surface area contributed by atoms with Gasteiger partial charge in [-0.3, -0.25) is 4.79 Å². The molecule has 5 nitrogen and oxygen atoms in total. The van der Waals surface area contributed by atoms with E-state index in [2.05, 4.69) is 26.3 Å². The number of aromatic nitrogens is 2. The van der Waals surface area contributed by atoms with E-state index in [0.717, 1.165) is 12.1 Å². The highest BCUT2D eigenvalue weighted by Crippen LogP contribution is 2.22. The first kappa shape index (κ1) is 13.6. The number of anilines is 3. The smallest absolute Gasteiger partial charge is 0.283 e. The Morgan fingerprint density at radius 1 is 1.47 bits per heavy atom. The maximum Gasteiger partial charge on any atom is 0.283 e. The van der Waals surface area contributed by atoms with Crippen LogP contribution < -0.4 is 16.6 Å². The Kier molecular flexibility index (Phi) is 4.21. The fourth-order valence-electron chi connectivity index (χ4n) is 1.70. The summed E-state index contributed by atoms with van der Waals surface area (Å²) < 4.78 is 1.91. The van der Waals surface area contributed by atoms with E-state index in [1.807, 2.05) is 19.1 Å². The van der Waals surface area contributed by atoms with Crippen LogP contribution in [0.1, 0.15) is 13.3 Å². The molecule has 0 fully saturated rings. The Bertz CT molecular complexity index is 639. The van der Waals surface area contributed by atoms with Gasteiger partial charge in [-0.2, -0.15) is 5.10 Å². The number of aryl methyl sites for hydroxylation is 1. The lowest BCUT2D eigenvalue weighted by Crippen LogP contribution is -2.24. The summed E-state index contributed by atoms with van der Waals surface area (Å²) in [4.78, 5) is 12.0. The van der Waals surface area contributed by atoms with Crippen molar-refractivity contribution in [3.05, 3.63) is 45.3 Å². The lowest BCUT2D eigenvalue weighted by molar-refractivity contribution is 0.566. The Labute approximate surface area is 119 Å². The number of nitrogen functional groups attached to an aromatic ring is 1. The number of hydrogen-bond acceptors (Lipinski definition) is 4. The fraction of sp³-hybridized carbons (Fsp3) is 0.231. The average Bonchev–Trinajstić information content (AvgIpc) is 2.39. The van der Waals surface area contributed by atoms with E-state index in [1.54, 1.807) is 18.3 Å². The van der Waals surface area contributed by atoms with Gasteiger partial charge >= 0.3 is 0 Å². The molecule has 1 heterocycles. The normalized spacial score (nSPS) is 10.4. The molecule has 2 rings (SSSR count). The van der Waals surface area contributed by atoms with Crippen LogP contribution in [0.4, 0.5) is 17.1 Å². The summed E-state index contributed by atoms with van der Waals surface area (Å²) in [6.45, 7) is 2.61. The molecule has 19 heavy (non-hydrogen) atoms. The third-order valence-electron chi connectivity index (χ3n) is 2.59. The molecule has 3 N–H and O–H groups in total. The molecule has 0 atom stereocenters. The lowest BCUT2D eigenvalue weighted by atomic mass is 10.3.